The Balaban J connectivity index is 1.75. The minimum atomic E-state index is -0.143. The molecule has 0 aromatic heterocycles. The van der Waals surface area contributed by atoms with Crippen LogP contribution in [0, 0.1) is 0 Å². The molecule has 0 amide bonds. The van der Waals surface area contributed by atoms with E-state index in [0.717, 1.165) is 41.4 Å². The van der Waals surface area contributed by atoms with Crippen LogP contribution in [0.2, 0.25) is 10.0 Å². The minimum Gasteiger partial charge on any atom is -0.411 e. The highest BCUT2D eigenvalue weighted by Crippen LogP contribution is 2.61. The summed E-state index contributed by atoms with van der Waals surface area (Å²) in [6, 6.07) is 15.9. The van der Waals surface area contributed by atoms with Crippen molar-refractivity contribution in [2.75, 3.05) is 0 Å². The average Bonchev–Trinajstić information content (AvgIpc) is 3.46. The summed E-state index contributed by atoms with van der Waals surface area (Å²) in [7, 11) is 0. The molecule has 2 aliphatic rings. The molecule has 0 bridgehead atoms. The molecule has 4 rings (SSSR count). The van der Waals surface area contributed by atoms with Gasteiger partial charge < -0.3 is 5.21 Å². The molecule has 0 unspecified atom stereocenters. The Morgan fingerprint density at radius 1 is 0.739 bits per heavy atom. The number of hydrogen-bond donors (Lipinski definition) is 1. The van der Waals surface area contributed by atoms with Crippen LogP contribution in [-0.2, 0) is 10.8 Å². The summed E-state index contributed by atoms with van der Waals surface area (Å²) in [5.41, 5.74) is 2.99. The van der Waals surface area contributed by atoms with E-state index in [1.807, 2.05) is 24.3 Å². The second-order valence-electron chi connectivity index (χ2n) is 6.63. The number of oxime groups is 1. The predicted octanol–water partition coefficient (Wildman–Crippen LogP) is 5.59. The van der Waals surface area contributed by atoms with Gasteiger partial charge in [-0.05, 0) is 61.1 Å². The van der Waals surface area contributed by atoms with Gasteiger partial charge in [0.15, 0.2) is 0 Å². The van der Waals surface area contributed by atoms with Gasteiger partial charge >= 0.3 is 0 Å². The van der Waals surface area contributed by atoms with Gasteiger partial charge in [-0.2, -0.15) is 0 Å². The molecule has 0 saturated heterocycles. The van der Waals surface area contributed by atoms with Crippen LogP contribution in [-0.4, -0.2) is 10.9 Å². The van der Waals surface area contributed by atoms with Crippen molar-refractivity contribution < 1.29 is 5.21 Å². The van der Waals surface area contributed by atoms with Crippen LogP contribution in [0.25, 0.3) is 0 Å². The summed E-state index contributed by atoms with van der Waals surface area (Å²) in [6.45, 7) is 0. The Labute approximate surface area is 145 Å². The fraction of sp³-hybridized carbons (Fsp3) is 0.316. The molecule has 2 nitrogen and oxygen atoms in total. The van der Waals surface area contributed by atoms with E-state index in [1.54, 1.807) is 0 Å². The van der Waals surface area contributed by atoms with Crippen LogP contribution in [0.15, 0.2) is 53.7 Å². The lowest BCUT2D eigenvalue weighted by Gasteiger charge is -2.25. The molecule has 2 aromatic carbocycles. The summed E-state index contributed by atoms with van der Waals surface area (Å²) >= 11 is 12.0. The molecule has 118 valence electrons. The second-order valence-corrected chi connectivity index (χ2v) is 7.50. The largest absolute Gasteiger partial charge is 0.411 e. The van der Waals surface area contributed by atoms with Crippen LogP contribution in [0.1, 0.15) is 36.8 Å². The van der Waals surface area contributed by atoms with Crippen molar-refractivity contribution in [2.45, 2.75) is 36.5 Å². The highest BCUT2D eigenvalue weighted by Gasteiger charge is 2.61. The van der Waals surface area contributed by atoms with Crippen molar-refractivity contribution in [1.29, 1.82) is 0 Å². The van der Waals surface area contributed by atoms with Gasteiger partial charge in [0.05, 0.1) is 5.71 Å². The van der Waals surface area contributed by atoms with E-state index in [-0.39, 0.29) is 10.8 Å². The number of halogens is 2. The van der Waals surface area contributed by atoms with E-state index in [0.29, 0.717) is 0 Å². The molecule has 0 atom stereocenters. The van der Waals surface area contributed by atoms with Gasteiger partial charge in [-0.3, -0.25) is 0 Å². The normalized spacial score (nSPS) is 19.9. The average molecular weight is 346 g/mol. The molecule has 2 fully saturated rings. The van der Waals surface area contributed by atoms with Crippen LogP contribution in [0.5, 0.6) is 0 Å². The zero-order chi connectivity index (χ0) is 16.1. The third kappa shape index (κ3) is 2.36. The van der Waals surface area contributed by atoms with Gasteiger partial charge in [0.25, 0.3) is 0 Å². The monoisotopic (exact) mass is 345 g/mol. The Hall–Kier alpha value is -1.51. The maximum Gasteiger partial charge on any atom is 0.0781 e. The zero-order valence-corrected chi connectivity index (χ0v) is 14.1. The first-order chi connectivity index (χ1) is 11.1. The molecule has 2 aromatic rings. The van der Waals surface area contributed by atoms with Gasteiger partial charge in [0, 0.05) is 20.9 Å². The van der Waals surface area contributed by atoms with E-state index in [9.17, 15) is 5.21 Å². The highest BCUT2D eigenvalue weighted by molar-refractivity contribution is 6.30. The first-order valence-corrected chi connectivity index (χ1v) is 8.61. The molecule has 0 aliphatic heterocycles. The molecule has 23 heavy (non-hydrogen) atoms. The molecule has 0 spiro atoms. The second kappa shape index (κ2) is 5.25. The third-order valence-electron chi connectivity index (χ3n) is 5.30. The SMILES string of the molecule is ON=C(C1(c2ccc(Cl)cc2)CC1)C1(c2ccc(Cl)cc2)CC1. The quantitative estimate of drug-likeness (QED) is 0.437. The van der Waals surface area contributed by atoms with E-state index in [2.05, 4.69) is 29.4 Å². The Bertz CT molecular complexity index is 693. The van der Waals surface area contributed by atoms with E-state index in [1.165, 1.54) is 11.1 Å². The van der Waals surface area contributed by atoms with Crippen LogP contribution in [0.3, 0.4) is 0 Å². The fourth-order valence-corrected chi connectivity index (χ4v) is 4.01. The zero-order valence-electron chi connectivity index (χ0n) is 12.6. The number of benzene rings is 2. The fourth-order valence-electron chi connectivity index (χ4n) is 3.76. The molecule has 4 heteroatoms. The van der Waals surface area contributed by atoms with Crippen molar-refractivity contribution in [3.63, 3.8) is 0 Å². The van der Waals surface area contributed by atoms with Gasteiger partial charge in [0.1, 0.15) is 0 Å². The molecular formula is C19H17Cl2NO. The molecule has 0 heterocycles. The maximum atomic E-state index is 9.84. The molecule has 0 radical (unpaired) electrons. The first-order valence-electron chi connectivity index (χ1n) is 7.86. The van der Waals surface area contributed by atoms with Crippen LogP contribution < -0.4 is 0 Å². The molecule has 2 saturated carbocycles. The van der Waals surface area contributed by atoms with Crippen molar-refractivity contribution in [3.8, 4) is 0 Å². The lowest BCUT2D eigenvalue weighted by Crippen LogP contribution is -2.33. The first kappa shape index (κ1) is 15.0. The molecule has 2 aliphatic carbocycles. The summed E-state index contributed by atoms with van der Waals surface area (Å²) in [4.78, 5) is 0. The van der Waals surface area contributed by atoms with E-state index >= 15 is 0 Å². The molecule has 1 N–H and O–H groups in total. The van der Waals surface area contributed by atoms with Crippen molar-refractivity contribution in [3.05, 3.63) is 69.7 Å². The number of rotatable bonds is 4. The van der Waals surface area contributed by atoms with E-state index in [4.69, 9.17) is 23.2 Å². The van der Waals surface area contributed by atoms with E-state index < -0.39 is 0 Å². The topological polar surface area (TPSA) is 32.6 Å². The number of nitrogens with zero attached hydrogens (tertiary/aromatic N) is 1. The lowest BCUT2D eigenvalue weighted by atomic mass is 9.78. The molecular weight excluding hydrogens is 329 g/mol. The van der Waals surface area contributed by atoms with Crippen LogP contribution >= 0.6 is 23.2 Å². The summed E-state index contributed by atoms with van der Waals surface area (Å²) in [5.74, 6) is 0. The summed E-state index contributed by atoms with van der Waals surface area (Å²) < 4.78 is 0. The smallest absolute Gasteiger partial charge is 0.0781 e. The van der Waals surface area contributed by atoms with Gasteiger partial charge in [-0.15, -0.1) is 0 Å². The van der Waals surface area contributed by atoms with Crippen molar-refractivity contribution in [2.24, 2.45) is 5.16 Å². The Kier molecular flexibility index (Phi) is 3.44. The van der Waals surface area contributed by atoms with Crippen LogP contribution in [0.4, 0.5) is 0 Å². The van der Waals surface area contributed by atoms with Gasteiger partial charge in [-0.25, -0.2) is 0 Å². The van der Waals surface area contributed by atoms with Gasteiger partial charge in [-0.1, -0.05) is 52.6 Å². The third-order valence-corrected chi connectivity index (χ3v) is 5.80. The summed E-state index contributed by atoms with van der Waals surface area (Å²) in [5, 5.41) is 15.1. The summed E-state index contributed by atoms with van der Waals surface area (Å²) in [6.07, 6.45) is 4.07. The van der Waals surface area contributed by atoms with Gasteiger partial charge in [0.2, 0.25) is 0 Å². The van der Waals surface area contributed by atoms with Crippen molar-refractivity contribution in [1.82, 2.24) is 0 Å². The lowest BCUT2D eigenvalue weighted by molar-refractivity contribution is 0.313. The Morgan fingerprint density at radius 3 is 1.35 bits per heavy atom. The Morgan fingerprint density at radius 2 is 1.09 bits per heavy atom. The number of hydrogen-bond acceptors (Lipinski definition) is 2. The highest BCUT2D eigenvalue weighted by atomic mass is 35.5. The maximum absolute atomic E-state index is 9.84. The standard InChI is InChI=1S/C19H17Cl2NO/c20-15-5-1-13(2-6-15)18(9-10-18)17(22-23)19(11-12-19)14-3-7-16(21)8-4-14/h1-8,23H,9-12H2. The predicted molar refractivity (Wildman–Crippen MR) is 93.9 cm³/mol. The van der Waals surface area contributed by atoms with Crippen molar-refractivity contribution >= 4 is 28.9 Å². The minimum absolute atomic E-state index is 0.143.